The molecule has 1 aromatic heterocycles. The van der Waals surface area contributed by atoms with Crippen LogP contribution in [0.3, 0.4) is 0 Å². The Labute approximate surface area is 181 Å². The number of hydrogen-bond acceptors (Lipinski definition) is 8. The Morgan fingerprint density at radius 1 is 1.29 bits per heavy atom. The van der Waals surface area contributed by atoms with E-state index < -0.39 is 0 Å². The van der Waals surface area contributed by atoms with Crippen molar-refractivity contribution in [3.8, 4) is 23.3 Å². The molecular formula is C23H25N5O3. The highest BCUT2D eigenvalue weighted by Crippen LogP contribution is 2.35. The Hall–Kier alpha value is -3.41. The average Bonchev–Trinajstić information content (AvgIpc) is 3.40. The molecule has 0 bridgehead atoms. The average molecular weight is 419 g/mol. The Balaban J connectivity index is 1.54. The van der Waals surface area contributed by atoms with Crippen LogP contribution < -0.4 is 15.0 Å². The number of fused-ring (bicyclic) bond motifs is 1. The summed E-state index contributed by atoms with van der Waals surface area (Å²) < 4.78 is 11.2. The molecule has 3 aromatic rings. The summed E-state index contributed by atoms with van der Waals surface area (Å²) in [4.78, 5) is 6.60. The van der Waals surface area contributed by atoms with Crippen LogP contribution in [0.15, 0.2) is 40.9 Å². The van der Waals surface area contributed by atoms with Gasteiger partial charge in [0.1, 0.15) is 11.8 Å². The smallest absolute Gasteiger partial charge is 0.270 e. The van der Waals surface area contributed by atoms with Crippen molar-refractivity contribution in [3.63, 3.8) is 0 Å². The highest BCUT2D eigenvalue weighted by molar-refractivity contribution is 5.68. The molecular weight excluding hydrogens is 394 g/mol. The lowest BCUT2D eigenvalue weighted by molar-refractivity contribution is 0.241. The van der Waals surface area contributed by atoms with Crippen molar-refractivity contribution in [1.29, 1.82) is 5.26 Å². The molecule has 8 heteroatoms. The fraction of sp³-hybridized carbons (Fsp3) is 0.348. The van der Waals surface area contributed by atoms with Gasteiger partial charge < -0.3 is 24.6 Å². The number of nitrogens with zero attached hydrogens (tertiary/aromatic N) is 4. The molecule has 2 aromatic carbocycles. The molecule has 0 radical (unpaired) electrons. The summed E-state index contributed by atoms with van der Waals surface area (Å²) >= 11 is 0. The Morgan fingerprint density at radius 3 is 2.94 bits per heavy atom. The lowest BCUT2D eigenvalue weighted by atomic mass is 10.1. The Kier molecular flexibility index (Phi) is 6.16. The van der Waals surface area contributed by atoms with Crippen LogP contribution in [0.2, 0.25) is 0 Å². The molecule has 160 valence electrons. The summed E-state index contributed by atoms with van der Waals surface area (Å²) in [5.74, 6) is 1.40. The van der Waals surface area contributed by atoms with E-state index >= 15 is 0 Å². The van der Waals surface area contributed by atoms with E-state index in [1.54, 1.807) is 12.1 Å². The highest BCUT2D eigenvalue weighted by Gasteiger charge is 2.25. The molecule has 0 spiro atoms. The minimum absolute atomic E-state index is 0.0193. The molecule has 0 amide bonds. The molecule has 0 fully saturated rings. The van der Waals surface area contributed by atoms with Gasteiger partial charge in [-0.1, -0.05) is 12.1 Å². The lowest BCUT2D eigenvalue weighted by Crippen LogP contribution is -2.17. The lowest BCUT2D eigenvalue weighted by Gasteiger charge is -2.14. The van der Waals surface area contributed by atoms with Crippen LogP contribution in [0, 0.1) is 11.3 Å². The number of aliphatic hydroxyl groups excluding tert-OH is 1. The van der Waals surface area contributed by atoms with Gasteiger partial charge in [0.15, 0.2) is 0 Å². The third kappa shape index (κ3) is 4.53. The number of ether oxygens (including phenoxy) is 1. The molecule has 4 rings (SSSR count). The first-order valence-electron chi connectivity index (χ1n) is 10.3. The van der Waals surface area contributed by atoms with Crippen LogP contribution in [0.1, 0.15) is 30.5 Å². The molecule has 0 atom stereocenters. The fourth-order valence-electron chi connectivity index (χ4n) is 3.63. The maximum absolute atomic E-state index is 9.46. The van der Waals surface area contributed by atoms with Crippen LogP contribution in [0.4, 0.5) is 11.6 Å². The van der Waals surface area contributed by atoms with Gasteiger partial charge in [0.2, 0.25) is 0 Å². The molecule has 2 heterocycles. The molecule has 0 aliphatic carbocycles. The van der Waals surface area contributed by atoms with Crippen LogP contribution in [0.25, 0.3) is 11.5 Å². The first kappa shape index (κ1) is 20.8. The van der Waals surface area contributed by atoms with Gasteiger partial charge in [-0.3, -0.25) is 0 Å². The van der Waals surface area contributed by atoms with E-state index in [0.29, 0.717) is 35.3 Å². The van der Waals surface area contributed by atoms with Gasteiger partial charge in [0, 0.05) is 30.9 Å². The van der Waals surface area contributed by atoms with Gasteiger partial charge in [-0.2, -0.15) is 10.2 Å². The zero-order chi connectivity index (χ0) is 21.8. The van der Waals surface area contributed by atoms with E-state index in [-0.39, 0.29) is 12.7 Å². The number of aliphatic hydroxyl groups is 1. The molecule has 1 aliphatic rings. The second-order valence-corrected chi connectivity index (χ2v) is 7.65. The molecule has 2 N–H and O–H groups in total. The van der Waals surface area contributed by atoms with E-state index in [4.69, 9.17) is 14.4 Å². The standard InChI is InChI=1S/C23H25N5O3/c1-15(2)30-21-6-4-18(12-19(21)13-24)22-26-23(27-31-22)28-9-7-17-11-16(3-5-20(17)28)14-25-8-10-29/h3-6,11-12,15,25,29H,7-10,14H2,1-2H3. The number of nitriles is 1. The van der Waals surface area contributed by atoms with E-state index in [1.165, 1.54) is 11.1 Å². The summed E-state index contributed by atoms with van der Waals surface area (Å²) in [6.07, 6.45) is 0.876. The number of rotatable bonds is 8. The SMILES string of the molecule is CC(C)Oc1ccc(-c2nc(N3CCc4cc(CNCCO)ccc43)no2)cc1C#N. The third-order valence-corrected chi connectivity index (χ3v) is 5.02. The number of nitrogens with one attached hydrogen (secondary N) is 1. The van der Waals surface area contributed by atoms with Crippen molar-refractivity contribution in [2.45, 2.75) is 32.9 Å². The van der Waals surface area contributed by atoms with Gasteiger partial charge >= 0.3 is 0 Å². The van der Waals surface area contributed by atoms with Gasteiger partial charge in [-0.25, -0.2) is 0 Å². The predicted molar refractivity (Wildman–Crippen MR) is 116 cm³/mol. The first-order chi connectivity index (χ1) is 15.1. The molecule has 1 aliphatic heterocycles. The van der Waals surface area contributed by atoms with Crippen molar-refractivity contribution < 1.29 is 14.4 Å². The molecule has 0 saturated carbocycles. The van der Waals surface area contributed by atoms with E-state index in [1.807, 2.05) is 24.8 Å². The van der Waals surface area contributed by atoms with Crippen molar-refractivity contribution in [2.24, 2.45) is 0 Å². The second kappa shape index (κ2) is 9.16. The van der Waals surface area contributed by atoms with E-state index in [9.17, 15) is 5.26 Å². The van der Waals surface area contributed by atoms with Crippen LogP contribution >= 0.6 is 0 Å². The maximum Gasteiger partial charge on any atom is 0.270 e. The second-order valence-electron chi connectivity index (χ2n) is 7.65. The van der Waals surface area contributed by atoms with Gasteiger partial charge in [0.05, 0.1) is 18.3 Å². The molecule has 31 heavy (non-hydrogen) atoms. The van der Waals surface area contributed by atoms with Crippen molar-refractivity contribution in [1.82, 2.24) is 15.5 Å². The van der Waals surface area contributed by atoms with Gasteiger partial charge in [-0.05, 0) is 60.8 Å². The third-order valence-electron chi connectivity index (χ3n) is 5.02. The van der Waals surface area contributed by atoms with Crippen molar-refractivity contribution in [3.05, 3.63) is 53.1 Å². The van der Waals surface area contributed by atoms with Gasteiger partial charge in [-0.15, -0.1) is 0 Å². The fourth-order valence-corrected chi connectivity index (χ4v) is 3.63. The monoisotopic (exact) mass is 419 g/mol. The zero-order valence-electron chi connectivity index (χ0n) is 17.6. The number of aromatic nitrogens is 2. The van der Waals surface area contributed by atoms with Crippen LogP contribution in [0.5, 0.6) is 5.75 Å². The maximum atomic E-state index is 9.46. The zero-order valence-corrected chi connectivity index (χ0v) is 17.6. The van der Waals surface area contributed by atoms with Crippen molar-refractivity contribution >= 4 is 11.6 Å². The quantitative estimate of drug-likeness (QED) is 0.536. The Morgan fingerprint density at radius 2 is 2.16 bits per heavy atom. The minimum atomic E-state index is -0.0193. The first-order valence-corrected chi connectivity index (χ1v) is 10.3. The summed E-state index contributed by atoms with van der Waals surface area (Å²) in [5.41, 5.74) is 4.58. The largest absolute Gasteiger partial charge is 0.490 e. The molecule has 0 saturated heterocycles. The van der Waals surface area contributed by atoms with E-state index in [2.05, 4.69) is 39.7 Å². The Bertz CT molecular complexity index is 1100. The summed E-state index contributed by atoms with van der Waals surface area (Å²) in [6, 6.07) is 13.8. The summed E-state index contributed by atoms with van der Waals surface area (Å²) in [6.45, 7) is 6.03. The predicted octanol–water partition coefficient (Wildman–Crippen LogP) is 3.17. The van der Waals surface area contributed by atoms with Crippen LogP contribution in [-0.4, -0.2) is 41.0 Å². The highest BCUT2D eigenvalue weighted by atomic mass is 16.5. The minimum Gasteiger partial charge on any atom is -0.490 e. The normalized spacial score (nSPS) is 12.8. The van der Waals surface area contributed by atoms with E-state index in [0.717, 1.165) is 25.2 Å². The molecule has 0 unspecified atom stereocenters. The summed E-state index contributed by atoms with van der Waals surface area (Å²) in [7, 11) is 0. The number of hydrogen-bond donors (Lipinski definition) is 2. The topological polar surface area (TPSA) is 107 Å². The van der Waals surface area contributed by atoms with Crippen molar-refractivity contribution in [2.75, 3.05) is 24.6 Å². The summed E-state index contributed by atoms with van der Waals surface area (Å²) in [5, 5.41) is 25.7. The molecule has 8 nitrogen and oxygen atoms in total. The van der Waals surface area contributed by atoms with Gasteiger partial charge in [0.25, 0.3) is 11.8 Å². The number of anilines is 2. The van der Waals surface area contributed by atoms with Crippen LogP contribution in [-0.2, 0) is 13.0 Å². The number of benzene rings is 2.